The van der Waals surface area contributed by atoms with E-state index >= 15 is 0 Å². The van der Waals surface area contributed by atoms with Gasteiger partial charge in [-0.15, -0.1) is 0 Å². The highest BCUT2D eigenvalue weighted by Crippen LogP contribution is 2.28. The van der Waals surface area contributed by atoms with E-state index in [-0.39, 0.29) is 17.9 Å². The minimum absolute atomic E-state index is 0.0588. The first-order valence-electron chi connectivity index (χ1n) is 8.46. The van der Waals surface area contributed by atoms with Gasteiger partial charge in [-0.3, -0.25) is 9.59 Å². The van der Waals surface area contributed by atoms with Crippen LogP contribution in [0.1, 0.15) is 54.4 Å². The Kier molecular flexibility index (Phi) is 6.80. The zero-order valence-corrected chi connectivity index (χ0v) is 14.1. The largest absolute Gasteiger partial charge is 0.469 e. The molecule has 1 saturated carbocycles. The third-order valence-corrected chi connectivity index (χ3v) is 4.67. The molecule has 0 unspecified atom stereocenters. The Morgan fingerprint density at radius 3 is 2.46 bits per heavy atom. The first-order chi connectivity index (χ1) is 11.6. The van der Waals surface area contributed by atoms with E-state index in [1.807, 2.05) is 12.1 Å². The number of hydrogen-bond acceptors (Lipinski definition) is 4. The van der Waals surface area contributed by atoms with Crippen molar-refractivity contribution in [3.8, 4) is 6.07 Å². The summed E-state index contributed by atoms with van der Waals surface area (Å²) in [5.74, 6) is 0.337. The number of nitrogens with one attached hydrogen (secondary N) is 1. The van der Waals surface area contributed by atoms with Crippen LogP contribution in [-0.2, 0) is 16.0 Å². The van der Waals surface area contributed by atoms with Crippen molar-refractivity contribution >= 4 is 11.9 Å². The van der Waals surface area contributed by atoms with Gasteiger partial charge in [-0.2, -0.15) is 5.26 Å². The second kappa shape index (κ2) is 9.07. The second-order valence-electron chi connectivity index (χ2n) is 6.34. The SMILES string of the molecule is COC(=O)CC[C@H]1CC[C@H](NC(=O)c2ccc(CC#N)cc2)CC1. The summed E-state index contributed by atoms with van der Waals surface area (Å²) in [5.41, 5.74) is 1.55. The van der Waals surface area contributed by atoms with Gasteiger partial charge in [0.05, 0.1) is 19.6 Å². The molecule has 0 atom stereocenters. The van der Waals surface area contributed by atoms with Crippen LogP contribution in [0.15, 0.2) is 24.3 Å². The Labute approximate surface area is 143 Å². The third kappa shape index (κ3) is 5.38. The van der Waals surface area contributed by atoms with Gasteiger partial charge in [0.2, 0.25) is 0 Å². The number of nitrogens with zero attached hydrogens (tertiary/aromatic N) is 1. The standard InChI is InChI=1S/C19H24N2O3/c1-24-18(22)11-6-14-4-9-17(10-5-14)21-19(23)16-7-2-15(3-8-16)12-13-20/h2-3,7-8,14,17H,4-6,9-12H2,1H3,(H,21,23)/t14-,17-. The molecule has 1 aliphatic carbocycles. The predicted molar refractivity (Wildman–Crippen MR) is 90.2 cm³/mol. The second-order valence-corrected chi connectivity index (χ2v) is 6.34. The van der Waals surface area contributed by atoms with Crippen molar-refractivity contribution in [2.24, 2.45) is 5.92 Å². The highest BCUT2D eigenvalue weighted by Gasteiger charge is 2.23. The molecule has 1 aromatic carbocycles. The maximum Gasteiger partial charge on any atom is 0.305 e. The lowest BCUT2D eigenvalue weighted by molar-refractivity contribution is -0.141. The zero-order valence-electron chi connectivity index (χ0n) is 14.1. The Balaban J connectivity index is 1.75. The maximum absolute atomic E-state index is 12.3. The van der Waals surface area contributed by atoms with Crippen molar-refractivity contribution < 1.29 is 14.3 Å². The number of rotatable bonds is 6. The molecule has 0 heterocycles. The smallest absolute Gasteiger partial charge is 0.305 e. The molecular weight excluding hydrogens is 304 g/mol. The number of methoxy groups -OCH3 is 1. The van der Waals surface area contributed by atoms with Gasteiger partial charge in [-0.1, -0.05) is 12.1 Å². The molecule has 1 fully saturated rings. The van der Waals surface area contributed by atoms with Crippen LogP contribution < -0.4 is 5.32 Å². The molecule has 0 bridgehead atoms. The van der Waals surface area contributed by atoms with Crippen molar-refractivity contribution in [3.63, 3.8) is 0 Å². The van der Waals surface area contributed by atoms with Crippen LogP contribution in [0.4, 0.5) is 0 Å². The molecule has 0 radical (unpaired) electrons. The van der Waals surface area contributed by atoms with Crippen LogP contribution in [0.2, 0.25) is 0 Å². The number of benzene rings is 1. The van der Waals surface area contributed by atoms with Crippen LogP contribution in [0.5, 0.6) is 0 Å². The lowest BCUT2D eigenvalue weighted by atomic mass is 9.83. The first-order valence-corrected chi connectivity index (χ1v) is 8.46. The summed E-state index contributed by atoms with van der Waals surface area (Å²) in [5, 5.41) is 11.8. The van der Waals surface area contributed by atoms with Crippen molar-refractivity contribution in [3.05, 3.63) is 35.4 Å². The summed E-state index contributed by atoms with van der Waals surface area (Å²) < 4.78 is 4.67. The summed E-state index contributed by atoms with van der Waals surface area (Å²) in [6.07, 6.45) is 5.67. The molecule has 5 heteroatoms. The van der Waals surface area contributed by atoms with E-state index in [2.05, 4.69) is 16.1 Å². The molecule has 128 valence electrons. The topological polar surface area (TPSA) is 79.2 Å². The minimum Gasteiger partial charge on any atom is -0.469 e. The van der Waals surface area contributed by atoms with Crippen LogP contribution in [0.25, 0.3) is 0 Å². The lowest BCUT2D eigenvalue weighted by Gasteiger charge is -2.29. The Morgan fingerprint density at radius 2 is 1.88 bits per heavy atom. The van der Waals surface area contributed by atoms with Gasteiger partial charge < -0.3 is 10.1 Å². The van der Waals surface area contributed by atoms with Crippen molar-refractivity contribution in [2.75, 3.05) is 7.11 Å². The van der Waals surface area contributed by atoms with E-state index in [1.165, 1.54) is 7.11 Å². The van der Waals surface area contributed by atoms with Gasteiger partial charge in [-0.05, 0) is 55.7 Å². The number of esters is 1. The number of carbonyl (C=O) groups excluding carboxylic acids is 2. The number of hydrogen-bond donors (Lipinski definition) is 1. The lowest BCUT2D eigenvalue weighted by Crippen LogP contribution is -2.37. The predicted octanol–water partition coefficient (Wildman–Crippen LogP) is 2.99. The molecular formula is C19H24N2O3. The number of nitriles is 1. The zero-order chi connectivity index (χ0) is 17.4. The van der Waals surface area contributed by atoms with E-state index in [0.717, 1.165) is 37.7 Å². The normalized spacial score (nSPS) is 20.0. The highest BCUT2D eigenvalue weighted by molar-refractivity contribution is 5.94. The van der Waals surface area contributed by atoms with E-state index in [4.69, 9.17) is 5.26 Å². The van der Waals surface area contributed by atoms with Crippen LogP contribution in [-0.4, -0.2) is 25.0 Å². The molecule has 1 aromatic rings. The molecule has 0 aliphatic heterocycles. The fourth-order valence-electron chi connectivity index (χ4n) is 3.15. The van der Waals surface area contributed by atoms with Gasteiger partial charge >= 0.3 is 5.97 Å². The van der Waals surface area contributed by atoms with E-state index in [0.29, 0.717) is 24.3 Å². The molecule has 1 N–H and O–H groups in total. The van der Waals surface area contributed by atoms with E-state index < -0.39 is 0 Å². The summed E-state index contributed by atoms with van der Waals surface area (Å²) in [6.45, 7) is 0. The fourth-order valence-corrected chi connectivity index (χ4v) is 3.15. The van der Waals surface area contributed by atoms with Crippen LogP contribution in [0, 0.1) is 17.2 Å². The molecule has 0 saturated heterocycles. The average Bonchev–Trinajstić information content (AvgIpc) is 2.61. The molecule has 1 amide bonds. The third-order valence-electron chi connectivity index (χ3n) is 4.67. The molecule has 5 nitrogen and oxygen atoms in total. The molecule has 24 heavy (non-hydrogen) atoms. The van der Waals surface area contributed by atoms with Crippen molar-refractivity contribution in [1.29, 1.82) is 5.26 Å². The summed E-state index contributed by atoms with van der Waals surface area (Å²) >= 11 is 0. The number of ether oxygens (including phenoxy) is 1. The van der Waals surface area contributed by atoms with Gasteiger partial charge in [0, 0.05) is 18.0 Å². The van der Waals surface area contributed by atoms with E-state index in [9.17, 15) is 9.59 Å². The summed E-state index contributed by atoms with van der Waals surface area (Å²) in [7, 11) is 1.42. The van der Waals surface area contributed by atoms with Gasteiger partial charge in [0.25, 0.3) is 5.91 Å². The molecule has 1 aliphatic rings. The molecule has 2 rings (SSSR count). The van der Waals surface area contributed by atoms with Crippen molar-refractivity contribution in [1.82, 2.24) is 5.32 Å². The summed E-state index contributed by atoms with van der Waals surface area (Å²) in [4.78, 5) is 23.5. The maximum atomic E-state index is 12.3. The Bertz CT molecular complexity index is 596. The number of carbonyl (C=O) groups is 2. The van der Waals surface area contributed by atoms with E-state index in [1.54, 1.807) is 12.1 Å². The van der Waals surface area contributed by atoms with Gasteiger partial charge in [-0.25, -0.2) is 0 Å². The molecule has 0 spiro atoms. The fraction of sp³-hybridized carbons (Fsp3) is 0.526. The highest BCUT2D eigenvalue weighted by atomic mass is 16.5. The Hall–Kier alpha value is -2.35. The molecule has 0 aromatic heterocycles. The average molecular weight is 328 g/mol. The first kappa shape index (κ1) is 18.0. The Morgan fingerprint density at radius 1 is 1.21 bits per heavy atom. The minimum atomic E-state index is -0.148. The van der Waals surface area contributed by atoms with Gasteiger partial charge in [0.15, 0.2) is 0 Å². The monoisotopic (exact) mass is 328 g/mol. The summed E-state index contributed by atoms with van der Waals surface area (Å²) in [6, 6.07) is 9.47. The van der Waals surface area contributed by atoms with Gasteiger partial charge in [0.1, 0.15) is 0 Å². The van der Waals surface area contributed by atoms with Crippen LogP contribution in [0.3, 0.4) is 0 Å². The van der Waals surface area contributed by atoms with Crippen molar-refractivity contribution in [2.45, 2.75) is 51.0 Å². The quantitative estimate of drug-likeness (QED) is 0.814. The number of amides is 1. The van der Waals surface area contributed by atoms with Crippen LogP contribution >= 0.6 is 0 Å².